The lowest BCUT2D eigenvalue weighted by Crippen LogP contribution is -2.39. The average Bonchev–Trinajstić information content (AvgIpc) is 3.30. The van der Waals surface area contributed by atoms with Crippen LogP contribution in [0.5, 0.6) is 0 Å². The number of furan rings is 1. The molecule has 1 aromatic carbocycles. The third-order valence-corrected chi connectivity index (χ3v) is 4.05. The van der Waals surface area contributed by atoms with Crippen LogP contribution < -0.4 is 16.2 Å². The van der Waals surface area contributed by atoms with Gasteiger partial charge in [-0.1, -0.05) is 29.8 Å². The summed E-state index contributed by atoms with van der Waals surface area (Å²) >= 11 is 0. The number of carbonyl (C=O) groups is 2. The van der Waals surface area contributed by atoms with Crippen LogP contribution in [0.1, 0.15) is 29.3 Å². The van der Waals surface area contributed by atoms with Crippen LogP contribution in [0.2, 0.25) is 0 Å². The van der Waals surface area contributed by atoms with E-state index in [1.165, 1.54) is 11.8 Å². The summed E-state index contributed by atoms with van der Waals surface area (Å²) in [5, 5.41) is 2.62. The van der Waals surface area contributed by atoms with Crippen molar-refractivity contribution >= 4 is 11.9 Å². The van der Waals surface area contributed by atoms with Gasteiger partial charge in [-0.15, -0.1) is 0 Å². The summed E-state index contributed by atoms with van der Waals surface area (Å²) in [4.78, 5) is 23.8. The molecule has 132 valence electrons. The molecule has 3 rings (SSSR count). The molecule has 0 saturated carbocycles. The molecule has 2 heterocycles. The first-order valence-electron chi connectivity index (χ1n) is 8.15. The Labute approximate surface area is 145 Å². The molecule has 0 spiro atoms. The number of ether oxygens (including phenoxy) is 1. The third kappa shape index (κ3) is 4.68. The maximum Gasteiger partial charge on any atom is 0.325 e. The second-order valence-corrected chi connectivity index (χ2v) is 6.00. The first-order chi connectivity index (χ1) is 12.1. The van der Waals surface area contributed by atoms with E-state index in [9.17, 15) is 9.59 Å². The maximum absolute atomic E-state index is 12.1. The molecule has 1 saturated heterocycles. The number of carbonyl (C=O) groups excluding carboxylic acids is 2. The third-order valence-electron chi connectivity index (χ3n) is 4.05. The van der Waals surface area contributed by atoms with Gasteiger partial charge in [0.05, 0.1) is 12.8 Å². The van der Waals surface area contributed by atoms with Crippen LogP contribution in [-0.4, -0.2) is 24.5 Å². The molecular weight excluding hydrogens is 322 g/mol. The van der Waals surface area contributed by atoms with E-state index < -0.39 is 12.0 Å². The fourth-order valence-corrected chi connectivity index (χ4v) is 2.62. The second kappa shape index (κ2) is 7.96. The molecule has 7 heteroatoms. The van der Waals surface area contributed by atoms with Gasteiger partial charge in [-0.05, 0) is 31.0 Å². The molecule has 25 heavy (non-hydrogen) atoms. The van der Waals surface area contributed by atoms with Crippen molar-refractivity contribution in [2.75, 3.05) is 6.61 Å². The van der Waals surface area contributed by atoms with Crippen molar-refractivity contribution in [3.8, 4) is 0 Å². The maximum atomic E-state index is 12.1. The van der Waals surface area contributed by atoms with Crippen LogP contribution in [0.25, 0.3) is 0 Å². The number of esters is 1. The van der Waals surface area contributed by atoms with E-state index in [1.54, 1.807) is 12.1 Å². The highest BCUT2D eigenvalue weighted by Gasteiger charge is 2.31. The van der Waals surface area contributed by atoms with Crippen molar-refractivity contribution in [3.05, 3.63) is 59.5 Å². The highest BCUT2D eigenvalue weighted by Crippen LogP contribution is 2.22. The number of rotatable bonds is 6. The normalized spacial score (nSPS) is 19.6. The van der Waals surface area contributed by atoms with E-state index in [1.807, 2.05) is 31.2 Å². The number of nitrogens with one attached hydrogen (secondary N) is 3. The van der Waals surface area contributed by atoms with Crippen molar-refractivity contribution in [2.45, 2.75) is 32.0 Å². The molecule has 1 aliphatic heterocycles. The van der Waals surface area contributed by atoms with Crippen LogP contribution in [0.3, 0.4) is 0 Å². The molecule has 1 amide bonds. The number of hydrazine groups is 1. The van der Waals surface area contributed by atoms with Crippen molar-refractivity contribution in [1.82, 2.24) is 16.2 Å². The van der Waals surface area contributed by atoms with Gasteiger partial charge in [0.1, 0.15) is 11.8 Å². The number of amides is 1. The summed E-state index contributed by atoms with van der Waals surface area (Å²) in [6.45, 7) is 1.98. The first-order valence-corrected chi connectivity index (χ1v) is 8.15. The van der Waals surface area contributed by atoms with Crippen molar-refractivity contribution < 1.29 is 18.7 Å². The van der Waals surface area contributed by atoms with E-state index in [-0.39, 0.29) is 25.1 Å². The van der Waals surface area contributed by atoms with E-state index in [4.69, 9.17) is 9.15 Å². The Morgan fingerprint density at radius 2 is 2.04 bits per heavy atom. The zero-order valence-corrected chi connectivity index (χ0v) is 14.0. The topological polar surface area (TPSA) is 92.6 Å². The minimum Gasteiger partial charge on any atom is -0.467 e. The molecule has 2 atom stereocenters. The molecule has 2 unspecified atom stereocenters. The highest BCUT2D eigenvalue weighted by atomic mass is 16.5. The first kappa shape index (κ1) is 17.2. The Balaban J connectivity index is 1.41. The lowest BCUT2D eigenvalue weighted by atomic mass is 10.0. The predicted octanol–water partition coefficient (Wildman–Crippen LogP) is 1.36. The van der Waals surface area contributed by atoms with E-state index >= 15 is 0 Å². The van der Waals surface area contributed by atoms with Gasteiger partial charge in [-0.2, -0.15) is 0 Å². The summed E-state index contributed by atoms with van der Waals surface area (Å²) in [6, 6.07) is 11.2. The van der Waals surface area contributed by atoms with Crippen molar-refractivity contribution in [1.29, 1.82) is 0 Å². The SMILES string of the molecule is Cc1ccc(C2CC(C(=O)OCC(=O)NCc3ccco3)NN2)cc1. The van der Waals surface area contributed by atoms with Crippen LogP contribution >= 0.6 is 0 Å². The lowest BCUT2D eigenvalue weighted by molar-refractivity contribution is -0.150. The minimum absolute atomic E-state index is 0.0333. The van der Waals surface area contributed by atoms with Crippen LogP contribution in [0, 0.1) is 6.92 Å². The molecule has 7 nitrogen and oxygen atoms in total. The fourth-order valence-electron chi connectivity index (χ4n) is 2.62. The number of aryl methyl sites for hydroxylation is 1. The summed E-state index contributed by atoms with van der Waals surface area (Å²) in [5.74, 6) is -0.177. The standard InChI is InChI=1S/C18H21N3O4/c1-12-4-6-13(7-5-12)15-9-16(21-20-15)18(23)25-11-17(22)19-10-14-3-2-8-24-14/h2-8,15-16,20-21H,9-11H2,1H3,(H,19,22). The minimum atomic E-state index is -0.482. The largest absolute Gasteiger partial charge is 0.467 e. The zero-order valence-electron chi connectivity index (χ0n) is 14.0. The zero-order chi connectivity index (χ0) is 17.6. The Hall–Kier alpha value is -2.64. The predicted molar refractivity (Wildman–Crippen MR) is 90.1 cm³/mol. The molecule has 0 radical (unpaired) electrons. The van der Waals surface area contributed by atoms with E-state index in [0.29, 0.717) is 12.2 Å². The number of hydrogen-bond acceptors (Lipinski definition) is 6. The molecule has 0 aliphatic carbocycles. The van der Waals surface area contributed by atoms with Gasteiger partial charge in [-0.3, -0.25) is 9.59 Å². The monoisotopic (exact) mass is 343 g/mol. The van der Waals surface area contributed by atoms with Crippen LogP contribution in [0.15, 0.2) is 47.1 Å². The summed E-state index contributed by atoms with van der Waals surface area (Å²) in [7, 11) is 0. The van der Waals surface area contributed by atoms with Crippen LogP contribution in [0.4, 0.5) is 0 Å². The van der Waals surface area contributed by atoms with Gasteiger partial charge in [0, 0.05) is 6.04 Å². The van der Waals surface area contributed by atoms with Crippen molar-refractivity contribution in [2.24, 2.45) is 0 Å². The Morgan fingerprint density at radius 3 is 2.76 bits per heavy atom. The summed E-state index contributed by atoms with van der Waals surface area (Å²) < 4.78 is 10.2. The van der Waals surface area contributed by atoms with Gasteiger partial charge < -0.3 is 14.5 Å². The smallest absolute Gasteiger partial charge is 0.325 e. The molecule has 3 N–H and O–H groups in total. The Kier molecular flexibility index (Phi) is 5.47. The number of hydrogen-bond donors (Lipinski definition) is 3. The molecule has 1 aromatic heterocycles. The fraction of sp³-hybridized carbons (Fsp3) is 0.333. The Morgan fingerprint density at radius 1 is 1.24 bits per heavy atom. The van der Waals surface area contributed by atoms with Crippen molar-refractivity contribution in [3.63, 3.8) is 0 Å². The van der Waals surface area contributed by atoms with Gasteiger partial charge in [0.15, 0.2) is 6.61 Å². The Bertz CT molecular complexity index is 712. The van der Waals surface area contributed by atoms with E-state index in [0.717, 1.165) is 5.56 Å². The van der Waals surface area contributed by atoms with Gasteiger partial charge >= 0.3 is 5.97 Å². The highest BCUT2D eigenvalue weighted by molar-refractivity contribution is 5.82. The van der Waals surface area contributed by atoms with E-state index in [2.05, 4.69) is 16.2 Å². The molecule has 1 fully saturated rings. The van der Waals surface area contributed by atoms with Gasteiger partial charge in [0.2, 0.25) is 0 Å². The molecule has 1 aliphatic rings. The molecule has 0 bridgehead atoms. The lowest BCUT2D eigenvalue weighted by Gasteiger charge is -2.10. The molecule has 2 aromatic rings. The second-order valence-electron chi connectivity index (χ2n) is 6.00. The molecular formula is C18H21N3O4. The number of benzene rings is 1. The quantitative estimate of drug-likeness (QED) is 0.686. The van der Waals surface area contributed by atoms with Gasteiger partial charge in [-0.25, -0.2) is 10.9 Å². The average molecular weight is 343 g/mol. The summed E-state index contributed by atoms with van der Waals surface area (Å²) in [6.07, 6.45) is 2.10. The summed E-state index contributed by atoms with van der Waals surface area (Å²) in [5.41, 5.74) is 8.31. The van der Waals surface area contributed by atoms with Crippen LogP contribution in [-0.2, 0) is 20.9 Å². The van der Waals surface area contributed by atoms with Gasteiger partial charge in [0.25, 0.3) is 5.91 Å².